The molecule has 0 aliphatic heterocycles. The van der Waals surface area contributed by atoms with E-state index in [-0.39, 0.29) is 5.75 Å². The lowest BCUT2D eigenvalue weighted by Crippen LogP contribution is -2.25. The summed E-state index contributed by atoms with van der Waals surface area (Å²) < 4.78 is 5.11. The summed E-state index contributed by atoms with van der Waals surface area (Å²) in [5, 5.41) is 9.13. The van der Waals surface area contributed by atoms with Crippen molar-refractivity contribution in [3.05, 3.63) is 29.8 Å². The number of nitrogens with two attached hydrogens (primary N) is 1. The number of hydrogen-bond donors (Lipinski definition) is 2. The number of carbonyl (C=O) groups is 1. The normalized spacial score (nSPS) is 14.1. The van der Waals surface area contributed by atoms with Gasteiger partial charge in [0.2, 0.25) is 0 Å². The van der Waals surface area contributed by atoms with Crippen LogP contribution in [-0.2, 0) is 9.53 Å². The van der Waals surface area contributed by atoms with Gasteiger partial charge >= 0.3 is 5.97 Å². The summed E-state index contributed by atoms with van der Waals surface area (Å²) in [6.07, 6.45) is 0.960. The molecule has 0 amide bonds. The summed E-state index contributed by atoms with van der Waals surface area (Å²) in [5.74, 6) is 0.0517. The molecule has 4 nitrogen and oxygen atoms in total. The Hall–Kier alpha value is -1.55. The van der Waals surface area contributed by atoms with Crippen molar-refractivity contribution in [2.45, 2.75) is 26.3 Å². The Morgan fingerprint density at radius 3 is 2.53 bits per heavy atom. The quantitative estimate of drug-likeness (QED) is 0.768. The van der Waals surface area contributed by atoms with Gasteiger partial charge in [0.1, 0.15) is 11.8 Å². The highest BCUT2D eigenvalue weighted by Gasteiger charge is 2.17. The van der Waals surface area contributed by atoms with Gasteiger partial charge in [-0.1, -0.05) is 32.4 Å². The molecule has 0 saturated carbocycles. The summed E-state index contributed by atoms with van der Waals surface area (Å²) in [4.78, 5) is 11.6. The number of ether oxygens (including phenoxy) is 1. The minimum atomic E-state index is -0.792. The van der Waals surface area contributed by atoms with Crippen LogP contribution in [0.1, 0.15) is 31.9 Å². The van der Waals surface area contributed by atoms with E-state index >= 15 is 0 Å². The molecular formula is C13H19NO3. The van der Waals surface area contributed by atoms with Crippen LogP contribution in [0.25, 0.3) is 0 Å². The van der Waals surface area contributed by atoms with Crippen LogP contribution in [0.15, 0.2) is 24.3 Å². The summed E-state index contributed by atoms with van der Waals surface area (Å²) >= 11 is 0. The van der Waals surface area contributed by atoms with Crippen molar-refractivity contribution in [1.82, 2.24) is 0 Å². The van der Waals surface area contributed by atoms with E-state index in [1.54, 1.807) is 12.1 Å². The molecule has 0 radical (unpaired) electrons. The van der Waals surface area contributed by atoms with Crippen molar-refractivity contribution in [3.8, 4) is 5.75 Å². The second-order valence-electron chi connectivity index (χ2n) is 4.21. The van der Waals surface area contributed by atoms with Gasteiger partial charge in [0, 0.05) is 0 Å². The Kier molecular flexibility index (Phi) is 4.97. The van der Waals surface area contributed by atoms with Crippen molar-refractivity contribution in [1.29, 1.82) is 0 Å². The predicted molar refractivity (Wildman–Crippen MR) is 65.4 cm³/mol. The fourth-order valence-corrected chi connectivity index (χ4v) is 1.25. The first-order chi connectivity index (χ1) is 8.04. The van der Waals surface area contributed by atoms with Crippen LogP contribution in [-0.4, -0.2) is 17.7 Å². The van der Waals surface area contributed by atoms with E-state index < -0.39 is 12.0 Å². The molecule has 0 bridgehead atoms. The summed E-state index contributed by atoms with van der Waals surface area (Å²) in [7, 11) is 0. The largest absolute Gasteiger partial charge is 0.508 e. The zero-order chi connectivity index (χ0) is 12.8. The molecule has 94 valence electrons. The summed E-state index contributed by atoms with van der Waals surface area (Å²) in [6.45, 7) is 4.44. The van der Waals surface area contributed by atoms with Crippen LogP contribution >= 0.6 is 0 Å². The third kappa shape index (κ3) is 4.07. The van der Waals surface area contributed by atoms with Crippen LogP contribution < -0.4 is 5.73 Å². The van der Waals surface area contributed by atoms with Crippen LogP contribution in [0.2, 0.25) is 0 Å². The lowest BCUT2D eigenvalue weighted by atomic mass is 10.1. The average molecular weight is 237 g/mol. The van der Waals surface area contributed by atoms with Gasteiger partial charge < -0.3 is 15.6 Å². The number of aromatic hydroxyl groups is 1. The molecule has 0 spiro atoms. The number of phenols is 1. The monoisotopic (exact) mass is 237 g/mol. The Morgan fingerprint density at radius 2 is 2.00 bits per heavy atom. The molecule has 3 N–H and O–H groups in total. The number of carbonyl (C=O) groups excluding carboxylic acids is 1. The first-order valence-electron chi connectivity index (χ1n) is 5.75. The zero-order valence-corrected chi connectivity index (χ0v) is 10.2. The molecule has 0 saturated heterocycles. The fraction of sp³-hybridized carbons (Fsp3) is 0.462. The van der Waals surface area contributed by atoms with Crippen molar-refractivity contribution < 1.29 is 14.6 Å². The molecule has 2 atom stereocenters. The SMILES string of the molecule is CCC(C)COC(=O)C(N)c1ccc(O)cc1. The van der Waals surface area contributed by atoms with Gasteiger partial charge in [-0.2, -0.15) is 0 Å². The molecule has 0 heterocycles. The molecular weight excluding hydrogens is 218 g/mol. The van der Waals surface area contributed by atoms with Gasteiger partial charge in [-0.25, -0.2) is 4.79 Å². The highest BCUT2D eigenvalue weighted by Crippen LogP contribution is 2.16. The molecule has 0 aliphatic carbocycles. The summed E-state index contributed by atoms with van der Waals surface area (Å²) in [6, 6.07) is 5.43. The fourth-order valence-electron chi connectivity index (χ4n) is 1.25. The third-order valence-electron chi connectivity index (χ3n) is 2.71. The molecule has 1 aromatic carbocycles. The zero-order valence-electron chi connectivity index (χ0n) is 10.2. The Labute approximate surface area is 101 Å². The smallest absolute Gasteiger partial charge is 0.327 e. The molecule has 0 fully saturated rings. The van der Waals surface area contributed by atoms with Gasteiger partial charge in [-0.3, -0.25) is 0 Å². The predicted octanol–water partition coefficient (Wildman–Crippen LogP) is 1.98. The van der Waals surface area contributed by atoms with E-state index in [0.29, 0.717) is 18.1 Å². The van der Waals surface area contributed by atoms with Crippen LogP contribution in [0.4, 0.5) is 0 Å². The third-order valence-corrected chi connectivity index (χ3v) is 2.71. The van der Waals surface area contributed by atoms with Gasteiger partial charge in [0.25, 0.3) is 0 Å². The van der Waals surface area contributed by atoms with Crippen molar-refractivity contribution >= 4 is 5.97 Å². The van der Waals surface area contributed by atoms with E-state index in [4.69, 9.17) is 15.6 Å². The number of hydrogen-bond acceptors (Lipinski definition) is 4. The Morgan fingerprint density at radius 1 is 1.41 bits per heavy atom. The van der Waals surface area contributed by atoms with Gasteiger partial charge in [0.05, 0.1) is 6.61 Å². The van der Waals surface area contributed by atoms with Crippen LogP contribution in [0, 0.1) is 5.92 Å². The molecule has 2 unspecified atom stereocenters. The molecule has 1 aromatic rings. The molecule has 0 aromatic heterocycles. The lowest BCUT2D eigenvalue weighted by Gasteiger charge is -2.14. The summed E-state index contributed by atoms with van der Waals surface area (Å²) in [5.41, 5.74) is 6.40. The van der Waals surface area contributed by atoms with Gasteiger partial charge in [-0.05, 0) is 23.6 Å². The van der Waals surface area contributed by atoms with E-state index in [9.17, 15) is 4.79 Å². The Balaban J connectivity index is 2.54. The number of benzene rings is 1. The molecule has 4 heteroatoms. The van der Waals surface area contributed by atoms with Gasteiger partial charge in [-0.15, -0.1) is 0 Å². The van der Waals surface area contributed by atoms with Crippen molar-refractivity contribution in [2.75, 3.05) is 6.61 Å². The first-order valence-corrected chi connectivity index (χ1v) is 5.75. The second-order valence-corrected chi connectivity index (χ2v) is 4.21. The number of phenolic OH excluding ortho intramolecular Hbond substituents is 1. The minimum Gasteiger partial charge on any atom is -0.508 e. The topological polar surface area (TPSA) is 72.5 Å². The second kappa shape index (κ2) is 6.25. The van der Waals surface area contributed by atoms with E-state index in [2.05, 4.69) is 0 Å². The first kappa shape index (κ1) is 13.5. The number of rotatable bonds is 5. The van der Waals surface area contributed by atoms with E-state index in [0.717, 1.165) is 6.42 Å². The molecule has 0 aliphatic rings. The minimum absolute atomic E-state index is 0.147. The standard InChI is InChI=1S/C13H19NO3/c1-3-9(2)8-17-13(16)12(14)10-4-6-11(15)7-5-10/h4-7,9,12,15H,3,8,14H2,1-2H3. The average Bonchev–Trinajstić information content (AvgIpc) is 2.35. The maximum absolute atomic E-state index is 11.6. The highest BCUT2D eigenvalue weighted by molar-refractivity contribution is 5.77. The molecule has 1 rings (SSSR count). The lowest BCUT2D eigenvalue weighted by molar-refractivity contribution is -0.146. The highest BCUT2D eigenvalue weighted by atomic mass is 16.5. The van der Waals surface area contributed by atoms with Crippen LogP contribution in [0.5, 0.6) is 5.75 Å². The number of esters is 1. The maximum Gasteiger partial charge on any atom is 0.327 e. The van der Waals surface area contributed by atoms with Crippen LogP contribution in [0.3, 0.4) is 0 Å². The van der Waals surface area contributed by atoms with Crippen molar-refractivity contribution in [2.24, 2.45) is 11.7 Å². The van der Waals surface area contributed by atoms with E-state index in [1.807, 2.05) is 13.8 Å². The molecule has 17 heavy (non-hydrogen) atoms. The Bertz CT molecular complexity index is 361. The van der Waals surface area contributed by atoms with Gasteiger partial charge in [0.15, 0.2) is 0 Å². The van der Waals surface area contributed by atoms with E-state index in [1.165, 1.54) is 12.1 Å². The maximum atomic E-state index is 11.6. The van der Waals surface area contributed by atoms with Crippen molar-refractivity contribution in [3.63, 3.8) is 0 Å².